The number of ether oxygens (including phenoxy) is 1. The van der Waals surface area contributed by atoms with E-state index in [1.54, 1.807) is 0 Å². The SMILES string of the molecule is C[C@H]1CCc2c(ccc(-c3cnn(C4CCNC(=O)C4)c3)c2OC2CCC2)N1C(=O)O. The standard InChI is InChI=1S/C23H28N4O4/c1-14-5-6-19-20(27(14)23(29)30)8-7-18(22(19)31-17-3-2-4-17)15-12-25-26(13-15)16-9-10-24-21(28)11-16/h7-8,12-14,16-17H,2-6,9-11H2,1H3,(H,24,28)(H,29,30)/t14-,16?/m0/s1. The van der Waals surface area contributed by atoms with Crippen LogP contribution in [0, 0.1) is 0 Å². The highest BCUT2D eigenvalue weighted by Crippen LogP contribution is 2.44. The number of rotatable bonds is 4. The Balaban J connectivity index is 1.54. The lowest BCUT2D eigenvalue weighted by Crippen LogP contribution is -2.41. The van der Waals surface area contributed by atoms with Crippen molar-refractivity contribution in [3.63, 3.8) is 0 Å². The van der Waals surface area contributed by atoms with Crippen LogP contribution >= 0.6 is 0 Å². The monoisotopic (exact) mass is 424 g/mol. The number of nitrogens with zero attached hydrogens (tertiary/aromatic N) is 3. The van der Waals surface area contributed by atoms with Crippen molar-refractivity contribution in [2.75, 3.05) is 11.4 Å². The van der Waals surface area contributed by atoms with Gasteiger partial charge in [-0.25, -0.2) is 4.79 Å². The Morgan fingerprint density at radius 3 is 2.81 bits per heavy atom. The van der Waals surface area contributed by atoms with E-state index in [1.165, 1.54) is 4.90 Å². The molecule has 1 unspecified atom stereocenters. The summed E-state index contributed by atoms with van der Waals surface area (Å²) in [5, 5.41) is 17.2. The maximum atomic E-state index is 11.9. The van der Waals surface area contributed by atoms with E-state index >= 15 is 0 Å². The smallest absolute Gasteiger partial charge is 0.412 e. The van der Waals surface area contributed by atoms with Gasteiger partial charge in [0.25, 0.3) is 0 Å². The minimum atomic E-state index is -0.931. The lowest BCUT2D eigenvalue weighted by Gasteiger charge is -2.36. The van der Waals surface area contributed by atoms with Crippen molar-refractivity contribution in [3.8, 4) is 16.9 Å². The first-order chi connectivity index (χ1) is 15.0. The molecule has 1 saturated carbocycles. The number of carbonyl (C=O) groups excluding carboxylic acids is 1. The molecule has 31 heavy (non-hydrogen) atoms. The van der Waals surface area contributed by atoms with Crippen molar-refractivity contribution >= 4 is 17.7 Å². The van der Waals surface area contributed by atoms with Crippen molar-refractivity contribution in [3.05, 3.63) is 30.1 Å². The van der Waals surface area contributed by atoms with E-state index in [1.807, 2.05) is 36.1 Å². The molecule has 1 aromatic heterocycles. The molecule has 1 aliphatic carbocycles. The van der Waals surface area contributed by atoms with Gasteiger partial charge in [-0.15, -0.1) is 0 Å². The summed E-state index contributed by atoms with van der Waals surface area (Å²) in [5.74, 6) is 0.847. The van der Waals surface area contributed by atoms with Gasteiger partial charge in [0.05, 0.1) is 24.0 Å². The quantitative estimate of drug-likeness (QED) is 0.779. The molecule has 0 bridgehead atoms. The third kappa shape index (κ3) is 3.64. The zero-order valence-electron chi connectivity index (χ0n) is 17.7. The molecular formula is C23H28N4O4. The molecule has 2 fully saturated rings. The molecule has 3 aliphatic rings. The van der Waals surface area contributed by atoms with Crippen LogP contribution < -0.4 is 15.0 Å². The number of aromatic nitrogens is 2. The Morgan fingerprint density at radius 2 is 2.10 bits per heavy atom. The Kier molecular flexibility index (Phi) is 5.08. The van der Waals surface area contributed by atoms with E-state index in [9.17, 15) is 14.7 Å². The van der Waals surface area contributed by atoms with Crippen LogP contribution in [0.1, 0.15) is 57.1 Å². The number of carboxylic acid groups (broad SMARTS) is 1. The summed E-state index contributed by atoms with van der Waals surface area (Å²) >= 11 is 0. The molecule has 2 amide bonds. The molecule has 2 aliphatic heterocycles. The van der Waals surface area contributed by atoms with Crippen LogP contribution in [0.15, 0.2) is 24.5 Å². The first-order valence-electron chi connectivity index (χ1n) is 11.2. The molecule has 8 heteroatoms. The number of benzene rings is 1. The molecule has 1 aromatic carbocycles. The Hall–Kier alpha value is -3.03. The molecule has 2 N–H and O–H groups in total. The second kappa shape index (κ2) is 7.90. The highest BCUT2D eigenvalue weighted by atomic mass is 16.5. The van der Waals surface area contributed by atoms with Crippen molar-refractivity contribution in [1.29, 1.82) is 0 Å². The van der Waals surface area contributed by atoms with Gasteiger partial charge < -0.3 is 15.2 Å². The highest BCUT2D eigenvalue weighted by molar-refractivity contribution is 5.91. The van der Waals surface area contributed by atoms with Gasteiger partial charge in [0, 0.05) is 41.9 Å². The molecule has 3 heterocycles. The number of fused-ring (bicyclic) bond motifs is 1. The van der Waals surface area contributed by atoms with Gasteiger partial charge in [-0.3, -0.25) is 14.4 Å². The number of piperidine rings is 1. The van der Waals surface area contributed by atoms with E-state index in [0.29, 0.717) is 13.0 Å². The largest absolute Gasteiger partial charge is 0.489 e. The molecule has 8 nitrogen and oxygen atoms in total. The molecule has 0 spiro atoms. The van der Waals surface area contributed by atoms with Gasteiger partial charge >= 0.3 is 6.09 Å². The number of carbonyl (C=O) groups is 2. The van der Waals surface area contributed by atoms with E-state index in [4.69, 9.17) is 4.74 Å². The van der Waals surface area contributed by atoms with E-state index in [0.717, 1.165) is 66.7 Å². The highest BCUT2D eigenvalue weighted by Gasteiger charge is 2.33. The van der Waals surface area contributed by atoms with Gasteiger partial charge in [-0.2, -0.15) is 5.10 Å². The maximum Gasteiger partial charge on any atom is 0.412 e. The number of nitrogens with one attached hydrogen (secondary N) is 1. The van der Waals surface area contributed by atoms with E-state index in [2.05, 4.69) is 10.4 Å². The lowest BCUT2D eigenvalue weighted by molar-refractivity contribution is -0.123. The summed E-state index contributed by atoms with van der Waals surface area (Å²) in [6, 6.07) is 3.84. The van der Waals surface area contributed by atoms with Gasteiger partial charge in [-0.1, -0.05) is 0 Å². The topological polar surface area (TPSA) is 96.7 Å². The summed E-state index contributed by atoms with van der Waals surface area (Å²) in [6.45, 7) is 2.61. The number of hydrogen-bond donors (Lipinski definition) is 2. The minimum Gasteiger partial charge on any atom is -0.489 e. The van der Waals surface area contributed by atoms with Crippen LogP contribution in [0.2, 0.25) is 0 Å². The fourth-order valence-corrected chi connectivity index (χ4v) is 4.78. The molecule has 5 rings (SSSR count). The lowest BCUT2D eigenvalue weighted by atomic mass is 9.91. The predicted octanol–water partition coefficient (Wildman–Crippen LogP) is 3.75. The molecular weight excluding hydrogens is 396 g/mol. The van der Waals surface area contributed by atoms with Crippen LogP contribution in [-0.4, -0.2) is 45.6 Å². The van der Waals surface area contributed by atoms with E-state index in [-0.39, 0.29) is 24.1 Å². The Morgan fingerprint density at radius 1 is 1.26 bits per heavy atom. The second-order valence-corrected chi connectivity index (χ2v) is 8.86. The van der Waals surface area contributed by atoms with Crippen molar-refractivity contribution < 1.29 is 19.4 Å². The summed E-state index contributed by atoms with van der Waals surface area (Å²) < 4.78 is 8.33. The minimum absolute atomic E-state index is 0.0546. The summed E-state index contributed by atoms with van der Waals surface area (Å²) in [5.41, 5.74) is 3.57. The van der Waals surface area contributed by atoms with Gasteiger partial charge in [-0.05, 0) is 57.6 Å². The first-order valence-corrected chi connectivity index (χ1v) is 11.2. The van der Waals surface area contributed by atoms with Crippen molar-refractivity contribution in [1.82, 2.24) is 15.1 Å². The number of hydrogen-bond acceptors (Lipinski definition) is 4. The Labute approximate surface area is 181 Å². The molecule has 164 valence electrons. The third-order valence-corrected chi connectivity index (χ3v) is 6.80. The van der Waals surface area contributed by atoms with Crippen molar-refractivity contribution in [2.24, 2.45) is 0 Å². The second-order valence-electron chi connectivity index (χ2n) is 8.86. The van der Waals surface area contributed by atoms with Crippen LogP contribution in [-0.2, 0) is 11.2 Å². The molecule has 1 saturated heterocycles. The average molecular weight is 425 g/mol. The molecule has 2 atom stereocenters. The predicted molar refractivity (Wildman–Crippen MR) is 115 cm³/mol. The number of amides is 2. The fourth-order valence-electron chi connectivity index (χ4n) is 4.78. The fraction of sp³-hybridized carbons (Fsp3) is 0.522. The van der Waals surface area contributed by atoms with Crippen LogP contribution in [0.25, 0.3) is 11.1 Å². The third-order valence-electron chi connectivity index (χ3n) is 6.80. The molecule has 2 aromatic rings. The van der Waals surface area contributed by atoms with E-state index < -0.39 is 6.09 Å². The van der Waals surface area contributed by atoms with Gasteiger partial charge in [0.2, 0.25) is 5.91 Å². The van der Waals surface area contributed by atoms with Gasteiger partial charge in [0.1, 0.15) is 5.75 Å². The zero-order valence-corrected chi connectivity index (χ0v) is 17.7. The summed E-state index contributed by atoms with van der Waals surface area (Å²) in [6.07, 6.45) is 9.11. The maximum absolute atomic E-state index is 11.9. The Bertz CT molecular complexity index is 1010. The molecule has 0 radical (unpaired) electrons. The number of anilines is 1. The van der Waals surface area contributed by atoms with Gasteiger partial charge in [0.15, 0.2) is 0 Å². The van der Waals surface area contributed by atoms with Crippen LogP contribution in [0.4, 0.5) is 10.5 Å². The summed E-state index contributed by atoms with van der Waals surface area (Å²) in [4.78, 5) is 25.2. The summed E-state index contributed by atoms with van der Waals surface area (Å²) in [7, 11) is 0. The average Bonchev–Trinajstić information content (AvgIpc) is 3.20. The van der Waals surface area contributed by atoms with Crippen molar-refractivity contribution in [2.45, 2.75) is 70.1 Å². The van der Waals surface area contributed by atoms with Crippen LogP contribution in [0.5, 0.6) is 5.75 Å². The normalized spacial score (nSPS) is 23.6. The first kappa shape index (κ1) is 19.9. The zero-order chi connectivity index (χ0) is 21.5. The van der Waals surface area contributed by atoms with Crippen LogP contribution in [0.3, 0.4) is 0 Å².